The molecule has 0 saturated heterocycles. The van der Waals surface area contributed by atoms with Crippen molar-refractivity contribution in [2.24, 2.45) is 0 Å². The quantitative estimate of drug-likeness (QED) is 0.560. The summed E-state index contributed by atoms with van der Waals surface area (Å²) in [4.78, 5) is 0. The van der Waals surface area contributed by atoms with E-state index in [0.717, 1.165) is 0 Å². The van der Waals surface area contributed by atoms with E-state index in [1.165, 1.54) is 6.42 Å². The monoisotopic (exact) mass is 152 g/mol. The topological polar surface area (TPSA) is 0 Å². The Hall–Kier alpha value is 0.640. The second-order valence-corrected chi connectivity index (χ2v) is 4.60. The molecule has 50 valence electrons. The summed E-state index contributed by atoms with van der Waals surface area (Å²) in [5.41, 5.74) is 0. The highest BCUT2D eigenvalue weighted by Gasteiger charge is 2.02. The van der Waals surface area contributed by atoms with Crippen molar-refractivity contribution < 1.29 is 0 Å². The summed E-state index contributed by atoms with van der Waals surface area (Å²) in [7, 11) is 0. The lowest BCUT2D eigenvalue weighted by Gasteiger charge is -2.08. The van der Waals surface area contributed by atoms with E-state index in [1.54, 1.807) is 0 Å². The van der Waals surface area contributed by atoms with Crippen LogP contribution in [-0.2, 0) is 0 Å². The van der Waals surface area contributed by atoms with Crippen LogP contribution in [0.5, 0.6) is 0 Å². The van der Waals surface area contributed by atoms with Crippen molar-refractivity contribution in [1.29, 1.82) is 0 Å². The van der Waals surface area contributed by atoms with Gasteiger partial charge in [0.05, 0.1) is 4.71 Å². The van der Waals surface area contributed by atoms with Crippen LogP contribution in [0, 0.1) is 0 Å². The van der Waals surface area contributed by atoms with Gasteiger partial charge in [0.1, 0.15) is 0 Å². The maximum atomic E-state index is 5.71. The van der Waals surface area contributed by atoms with E-state index < -0.39 is 0 Å². The van der Waals surface area contributed by atoms with Gasteiger partial charge >= 0.3 is 0 Å². The number of halogens is 1. The van der Waals surface area contributed by atoms with Crippen LogP contribution < -0.4 is 0 Å². The number of hydrogen-bond acceptors (Lipinski definition) is 1. The van der Waals surface area contributed by atoms with Gasteiger partial charge in [0, 0.05) is 5.25 Å². The van der Waals surface area contributed by atoms with Crippen molar-refractivity contribution in [2.45, 2.75) is 37.2 Å². The Labute approximate surface area is 61.0 Å². The van der Waals surface area contributed by atoms with Crippen LogP contribution in [0.2, 0.25) is 0 Å². The maximum Gasteiger partial charge on any atom is 0.0763 e. The van der Waals surface area contributed by atoms with Crippen LogP contribution in [0.25, 0.3) is 0 Å². The van der Waals surface area contributed by atoms with Gasteiger partial charge in [-0.1, -0.05) is 13.8 Å². The molecule has 0 aliphatic carbocycles. The van der Waals surface area contributed by atoms with Gasteiger partial charge in [-0.05, 0) is 13.3 Å². The molecule has 0 aliphatic rings. The first-order valence-corrected chi connectivity index (χ1v) is 4.34. The van der Waals surface area contributed by atoms with Crippen molar-refractivity contribution in [3.63, 3.8) is 0 Å². The molecule has 0 spiro atoms. The lowest BCUT2D eigenvalue weighted by atomic mass is 10.4. The van der Waals surface area contributed by atoms with E-state index in [4.69, 9.17) is 11.6 Å². The minimum Gasteiger partial charge on any atom is -0.139 e. The molecule has 0 amide bonds. The molecule has 0 rings (SSSR count). The Morgan fingerprint density at radius 1 is 1.50 bits per heavy atom. The molecule has 0 aliphatic heterocycles. The second-order valence-electron chi connectivity index (χ2n) is 1.90. The van der Waals surface area contributed by atoms with Gasteiger partial charge in [-0.3, -0.25) is 0 Å². The Morgan fingerprint density at radius 3 is 2.12 bits per heavy atom. The molecule has 0 radical (unpaired) electrons. The summed E-state index contributed by atoms with van der Waals surface area (Å²) in [6, 6.07) is 0. The molecule has 0 N–H and O–H groups in total. The SMILES string of the molecule is CCC(C)SC(C)Cl. The standard InChI is InChI=1S/C6H13ClS/c1-4-5(2)8-6(3)7/h5-6H,4H2,1-3H3. The van der Waals surface area contributed by atoms with Crippen LogP contribution in [0.1, 0.15) is 27.2 Å². The van der Waals surface area contributed by atoms with E-state index in [2.05, 4.69) is 13.8 Å². The van der Waals surface area contributed by atoms with E-state index >= 15 is 0 Å². The smallest absolute Gasteiger partial charge is 0.0763 e. The highest BCUT2D eigenvalue weighted by molar-refractivity contribution is 8.01. The Balaban J connectivity index is 3.10. The third kappa shape index (κ3) is 4.79. The molecule has 0 heterocycles. The molecule has 0 bridgehead atoms. The Kier molecular flexibility index (Phi) is 4.87. The molecule has 2 unspecified atom stereocenters. The second kappa shape index (κ2) is 4.51. The van der Waals surface area contributed by atoms with Gasteiger partial charge < -0.3 is 0 Å². The average molecular weight is 153 g/mol. The van der Waals surface area contributed by atoms with Crippen molar-refractivity contribution >= 4 is 23.4 Å². The fourth-order valence-electron chi connectivity index (χ4n) is 0.416. The zero-order chi connectivity index (χ0) is 6.57. The third-order valence-corrected chi connectivity index (χ3v) is 2.48. The normalized spacial score (nSPS) is 18.0. The minimum absolute atomic E-state index is 0.268. The molecular weight excluding hydrogens is 140 g/mol. The summed E-state index contributed by atoms with van der Waals surface area (Å²) in [6.45, 7) is 6.39. The van der Waals surface area contributed by atoms with Crippen LogP contribution in [0.3, 0.4) is 0 Å². The van der Waals surface area contributed by atoms with Gasteiger partial charge in [-0.25, -0.2) is 0 Å². The van der Waals surface area contributed by atoms with E-state index in [0.29, 0.717) is 5.25 Å². The van der Waals surface area contributed by atoms with E-state index in [1.807, 2.05) is 18.7 Å². The Bertz CT molecular complexity index is 54.5. The molecule has 0 aromatic carbocycles. The minimum atomic E-state index is 0.268. The van der Waals surface area contributed by atoms with Crippen LogP contribution in [0.15, 0.2) is 0 Å². The first kappa shape index (κ1) is 8.64. The molecule has 8 heavy (non-hydrogen) atoms. The summed E-state index contributed by atoms with van der Waals surface area (Å²) in [5.74, 6) is 0. The van der Waals surface area contributed by atoms with Gasteiger partial charge in [0.25, 0.3) is 0 Å². The Morgan fingerprint density at radius 2 is 2.00 bits per heavy atom. The van der Waals surface area contributed by atoms with Crippen LogP contribution in [0.4, 0.5) is 0 Å². The van der Waals surface area contributed by atoms with Gasteiger partial charge in [-0.2, -0.15) is 0 Å². The largest absolute Gasteiger partial charge is 0.139 e. The predicted molar refractivity (Wildman–Crippen MR) is 42.7 cm³/mol. The first-order valence-electron chi connectivity index (χ1n) is 2.96. The molecule has 0 nitrogen and oxygen atoms in total. The fourth-order valence-corrected chi connectivity index (χ4v) is 1.78. The lowest BCUT2D eigenvalue weighted by molar-refractivity contribution is 0.904. The van der Waals surface area contributed by atoms with Crippen molar-refractivity contribution in [2.75, 3.05) is 0 Å². The van der Waals surface area contributed by atoms with Gasteiger partial charge in [0.15, 0.2) is 0 Å². The third-order valence-electron chi connectivity index (χ3n) is 0.995. The van der Waals surface area contributed by atoms with Crippen molar-refractivity contribution in [1.82, 2.24) is 0 Å². The van der Waals surface area contributed by atoms with E-state index in [-0.39, 0.29) is 4.71 Å². The number of hydrogen-bond donors (Lipinski definition) is 0. The zero-order valence-electron chi connectivity index (χ0n) is 5.65. The highest BCUT2D eigenvalue weighted by atomic mass is 35.5. The molecule has 2 atom stereocenters. The van der Waals surface area contributed by atoms with Gasteiger partial charge in [-0.15, -0.1) is 23.4 Å². The fraction of sp³-hybridized carbons (Fsp3) is 1.00. The van der Waals surface area contributed by atoms with Crippen molar-refractivity contribution in [3.05, 3.63) is 0 Å². The molecule has 0 fully saturated rings. The summed E-state index contributed by atoms with van der Waals surface area (Å²) < 4.78 is 0.268. The number of rotatable bonds is 3. The zero-order valence-corrected chi connectivity index (χ0v) is 7.22. The highest BCUT2D eigenvalue weighted by Crippen LogP contribution is 2.21. The predicted octanol–water partition coefficient (Wildman–Crippen LogP) is 3.10. The molecular formula is C6H13ClS. The molecule has 0 aromatic heterocycles. The maximum absolute atomic E-state index is 5.71. The van der Waals surface area contributed by atoms with E-state index in [9.17, 15) is 0 Å². The average Bonchev–Trinajstić information content (AvgIpc) is 1.65. The molecule has 2 heteroatoms. The van der Waals surface area contributed by atoms with Crippen LogP contribution in [-0.4, -0.2) is 9.96 Å². The number of alkyl halides is 1. The first-order chi connectivity index (χ1) is 3.66. The molecule has 0 aromatic rings. The summed E-state index contributed by atoms with van der Waals surface area (Å²) in [5, 5.41) is 0.711. The lowest BCUT2D eigenvalue weighted by Crippen LogP contribution is -1.96. The van der Waals surface area contributed by atoms with Crippen LogP contribution >= 0.6 is 23.4 Å². The number of thioether (sulfide) groups is 1. The van der Waals surface area contributed by atoms with Crippen molar-refractivity contribution in [3.8, 4) is 0 Å². The molecule has 0 saturated carbocycles. The van der Waals surface area contributed by atoms with Gasteiger partial charge in [0.2, 0.25) is 0 Å². The summed E-state index contributed by atoms with van der Waals surface area (Å²) >= 11 is 7.53. The summed E-state index contributed by atoms with van der Waals surface area (Å²) in [6.07, 6.45) is 1.21.